The molecular formula is C20H14F3N3O3S. The molecule has 1 aliphatic heterocycles. The van der Waals surface area contributed by atoms with Crippen LogP contribution in [0.25, 0.3) is 17.0 Å². The molecule has 10 heteroatoms. The summed E-state index contributed by atoms with van der Waals surface area (Å²) < 4.78 is 46.8. The number of benzene rings is 2. The van der Waals surface area contributed by atoms with E-state index in [-0.39, 0.29) is 22.8 Å². The highest BCUT2D eigenvalue weighted by Gasteiger charge is 2.34. The number of amides is 2. The molecule has 4 rings (SSSR count). The number of fused-ring (bicyclic) bond motifs is 1. The van der Waals surface area contributed by atoms with Crippen LogP contribution >= 0.6 is 11.8 Å². The van der Waals surface area contributed by atoms with E-state index in [0.717, 1.165) is 17.8 Å². The van der Waals surface area contributed by atoms with Gasteiger partial charge in [-0.1, -0.05) is 12.1 Å². The molecule has 2 aromatic carbocycles. The Labute approximate surface area is 172 Å². The van der Waals surface area contributed by atoms with Gasteiger partial charge in [0.25, 0.3) is 11.1 Å². The minimum absolute atomic E-state index is 0.0667. The van der Waals surface area contributed by atoms with Crippen molar-refractivity contribution in [3.63, 3.8) is 0 Å². The average Bonchev–Trinajstić information content (AvgIpc) is 3.23. The van der Waals surface area contributed by atoms with Crippen LogP contribution in [0.3, 0.4) is 0 Å². The SMILES string of the molecule is COc1ccc(Cn2ncc3cc(C=C4SC(=O)NC4=O)ccc32)c(C(F)(F)F)c1. The zero-order valence-corrected chi connectivity index (χ0v) is 16.3. The predicted molar refractivity (Wildman–Crippen MR) is 106 cm³/mol. The molecule has 0 unspecified atom stereocenters. The number of thioether (sulfide) groups is 1. The Kier molecular flexibility index (Phi) is 5.02. The zero-order valence-electron chi connectivity index (χ0n) is 15.5. The molecule has 1 saturated heterocycles. The van der Waals surface area contributed by atoms with Gasteiger partial charge in [-0.2, -0.15) is 18.3 Å². The van der Waals surface area contributed by atoms with Crippen LogP contribution in [0.1, 0.15) is 16.7 Å². The summed E-state index contributed by atoms with van der Waals surface area (Å²) in [6.07, 6.45) is -1.41. The number of hydrogen-bond donors (Lipinski definition) is 1. The minimum Gasteiger partial charge on any atom is -0.497 e. The van der Waals surface area contributed by atoms with Gasteiger partial charge in [0, 0.05) is 5.39 Å². The molecule has 1 aromatic heterocycles. The van der Waals surface area contributed by atoms with E-state index in [9.17, 15) is 22.8 Å². The fourth-order valence-corrected chi connectivity index (χ4v) is 3.82. The number of carbonyl (C=O) groups is 2. The lowest BCUT2D eigenvalue weighted by molar-refractivity contribution is -0.138. The van der Waals surface area contributed by atoms with E-state index in [1.165, 1.54) is 23.9 Å². The Bertz CT molecular complexity index is 1200. The minimum atomic E-state index is -4.52. The number of nitrogens with one attached hydrogen (secondary N) is 1. The molecule has 2 amide bonds. The summed E-state index contributed by atoms with van der Waals surface area (Å²) in [6, 6.07) is 9.00. The second-order valence-electron chi connectivity index (χ2n) is 6.49. The fourth-order valence-electron chi connectivity index (χ4n) is 3.14. The maximum absolute atomic E-state index is 13.5. The van der Waals surface area contributed by atoms with Crippen molar-refractivity contribution in [2.75, 3.05) is 7.11 Å². The first-order chi connectivity index (χ1) is 14.2. The number of rotatable bonds is 4. The number of carbonyl (C=O) groups excluding carboxylic acids is 2. The second kappa shape index (κ2) is 7.52. The molecule has 0 spiro atoms. The molecule has 1 fully saturated rings. The van der Waals surface area contributed by atoms with Crippen molar-refractivity contribution in [2.24, 2.45) is 0 Å². The summed E-state index contributed by atoms with van der Waals surface area (Å²) >= 11 is 0.812. The molecule has 6 nitrogen and oxygen atoms in total. The quantitative estimate of drug-likeness (QED) is 0.616. The lowest BCUT2D eigenvalue weighted by Gasteiger charge is -2.14. The Morgan fingerprint density at radius 3 is 2.67 bits per heavy atom. The Hall–Kier alpha value is -3.27. The van der Waals surface area contributed by atoms with Gasteiger partial charge in [-0.25, -0.2) is 0 Å². The number of imide groups is 1. The van der Waals surface area contributed by atoms with E-state index in [2.05, 4.69) is 10.4 Å². The van der Waals surface area contributed by atoms with Crippen LogP contribution in [0.2, 0.25) is 0 Å². The van der Waals surface area contributed by atoms with Gasteiger partial charge in [-0.15, -0.1) is 0 Å². The molecular weight excluding hydrogens is 419 g/mol. The molecule has 30 heavy (non-hydrogen) atoms. The van der Waals surface area contributed by atoms with E-state index >= 15 is 0 Å². The number of halogens is 3. The van der Waals surface area contributed by atoms with Gasteiger partial charge in [0.2, 0.25) is 0 Å². The molecule has 1 N–H and O–H groups in total. The van der Waals surface area contributed by atoms with Crippen molar-refractivity contribution in [3.8, 4) is 5.75 Å². The van der Waals surface area contributed by atoms with Gasteiger partial charge < -0.3 is 4.74 Å². The fraction of sp³-hybridized carbons (Fsp3) is 0.150. The molecule has 0 aliphatic carbocycles. The standard InChI is InChI=1S/C20H14F3N3O3S/c1-29-14-4-3-12(15(8-14)20(21,22)23)10-26-16-5-2-11(6-13(16)9-24-26)7-17-18(27)25-19(28)30-17/h2-9H,10H2,1H3,(H,25,27,28). The normalized spacial score (nSPS) is 15.8. The van der Waals surface area contributed by atoms with Crippen LogP contribution in [0, 0.1) is 0 Å². The highest BCUT2D eigenvalue weighted by Crippen LogP contribution is 2.35. The highest BCUT2D eigenvalue weighted by atomic mass is 32.2. The lowest BCUT2D eigenvalue weighted by atomic mass is 10.1. The largest absolute Gasteiger partial charge is 0.497 e. The number of aromatic nitrogens is 2. The summed E-state index contributed by atoms with van der Waals surface area (Å²) in [6.45, 7) is -0.0739. The summed E-state index contributed by atoms with van der Waals surface area (Å²) in [5.41, 5.74) is 0.605. The van der Waals surface area contributed by atoms with Crippen molar-refractivity contribution < 1.29 is 27.5 Å². The van der Waals surface area contributed by atoms with Crippen molar-refractivity contribution in [1.82, 2.24) is 15.1 Å². The third-order valence-electron chi connectivity index (χ3n) is 4.55. The zero-order chi connectivity index (χ0) is 21.5. The van der Waals surface area contributed by atoms with Gasteiger partial charge >= 0.3 is 6.18 Å². The first-order valence-electron chi connectivity index (χ1n) is 8.69. The Balaban J connectivity index is 1.66. The van der Waals surface area contributed by atoms with E-state index in [0.29, 0.717) is 16.5 Å². The Morgan fingerprint density at radius 1 is 1.20 bits per heavy atom. The maximum atomic E-state index is 13.5. The number of nitrogens with zero attached hydrogens (tertiary/aromatic N) is 2. The smallest absolute Gasteiger partial charge is 0.416 e. The second-order valence-corrected chi connectivity index (χ2v) is 7.51. The number of methoxy groups -OCH3 is 1. The molecule has 3 aromatic rings. The van der Waals surface area contributed by atoms with Crippen LogP contribution in [-0.4, -0.2) is 28.0 Å². The summed E-state index contributed by atoms with van der Waals surface area (Å²) in [5, 5.41) is 6.66. The first kappa shape index (κ1) is 20.0. The van der Waals surface area contributed by atoms with Crippen molar-refractivity contribution in [3.05, 3.63) is 64.2 Å². The third-order valence-corrected chi connectivity index (χ3v) is 5.36. The van der Waals surface area contributed by atoms with Crippen molar-refractivity contribution >= 4 is 39.9 Å². The lowest BCUT2D eigenvalue weighted by Crippen LogP contribution is -2.17. The first-order valence-corrected chi connectivity index (χ1v) is 9.51. The van der Waals surface area contributed by atoms with Crippen LogP contribution in [0.15, 0.2) is 47.5 Å². The molecule has 0 saturated carbocycles. The van der Waals surface area contributed by atoms with Crippen LogP contribution in [0.5, 0.6) is 5.75 Å². The van der Waals surface area contributed by atoms with Crippen molar-refractivity contribution in [2.45, 2.75) is 12.7 Å². The van der Waals surface area contributed by atoms with Crippen LogP contribution in [-0.2, 0) is 17.5 Å². The van der Waals surface area contributed by atoms with Crippen molar-refractivity contribution in [1.29, 1.82) is 0 Å². The third kappa shape index (κ3) is 3.90. The number of alkyl halides is 3. The maximum Gasteiger partial charge on any atom is 0.416 e. The molecule has 0 radical (unpaired) electrons. The number of ether oxygens (including phenoxy) is 1. The Morgan fingerprint density at radius 2 is 2.00 bits per heavy atom. The van der Waals surface area contributed by atoms with E-state index in [4.69, 9.17) is 4.74 Å². The number of hydrogen-bond acceptors (Lipinski definition) is 5. The van der Waals surface area contributed by atoms with Crippen LogP contribution < -0.4 is 10.1 Å². The van der Waals surface area contributed by atoms with E-state index in [1.807, 2.05) is 0 Å². The molecule has 1 aliphatic rings. The van der Waals surface area contributed by atoms with E-state index in [1.54, 1.807) is 30.5 Å². The summed E-state index contributed by atoms with van der Waals surface area (Å²) in [4.78, 5) is 23.2. The van der Waals surface area contributed by atoms with E-state index < -0.39 is 22.9 Å². The molecule has 154 valence electrons. The average molecular weight is 433 g/mol. The summed E-state index contributed by atoms with van der Waals surface area (Å²) in [5.74, 6) is -0.332. The van der Waals surface area contributed by atoms with Gasteiger partial charge in [-0.3, -0.25) is 19.6 Å². The van der Waals surface area contributed by atoms with Gasteiger partial charge in [0.1, 0.15) is 5.75 Å². The highest BCUT2D eigenvalue weighted by molar-refractivity contribution is 8.18. The molecule has 2 heterocycles. The monoisotopic (exact) mass is 433 g/mol. The molecule has 0 bridgehead atoms. The van der Waals surface area contributed by atoms with Gasteiger partial charge in [0.05, 0.1) is 35.8 Å². The summed E-state index contributed by atoms with van der Waals surface area (Å²) in [7, 11) is 1.31. The predicted octanol–water partition coefficient (Wildman–Crippen LogP) is 4.44. The van der Waals surface area contributed by atoms with Gasteiger partial charge in [-0.05, 0) is 53.2 Å². The van der Waals surface area contributed by atoms with Gasteiger partial charge in [0.15, 0.2) is 0 Å². The topological polar surface area (TPSA) is 73.2 Å². The molecule has 0 atom stereocenters. The van der Waals surface area contributed by atoms with Crippen LogP contribution in [0.4, 0.5) is 18.0 Å².